The molecule has 4 nitrogen and oxygen atoms in total. The average Bonchev–Trinajstić information content (AvgIpc) is 3.13. The first-order chi connectivity index (χ1) is 12.0. The summed E-state index contributed by atoms with van der Waals surface area (Å²) in [5, 5.41) is 7.24. The van der Waals surface area contributed by atoms with Gasteiger partial charge in [-0.2, -0.15) is 5.10 Å². The number of aromatic nitrogens is 2. The summed E-state index contributed by atoms with van der Waals surface area (Å²) in [5.41, 5.74) is 2.41. The molecule has 0 spiro atoms. The zero-order valence-electron chi connectivity index (χ0n) is 14.5. The van der Waals surface area contributed by atoms with Gasteiger partial charge < -0.3 is 5.32 Å². The number of para-hydroxylation sites is 1. The van der Waals surface area contributed by atoms with Crippen LogP contribution in [0.3, 0.4) is 0 Å². The molecule has 0 aliphatic carbocycles. The van der Waals surface area contributed by atoms with E-state index < -0.39 is 5.82 Å². The van der Waals surface area contributed by atoms with E-state index in [1.54, 1.807) is 40.3 Å². The number of hydrogen-bond donors (Lipinski definition) is 1. The van der Waals surface area contributed by atoms with Crippen LogP contribution in [0.4, 0.5) is 10.1 Å². The van der Waals surface area contributed by atoms with E-state index in [-0.39, 0.29) is 11.6 Å². The maximum absolute atomic E-state index is 13.8. The standard InChI is InChI=1S/C19H20FN3OS/c1-4-9-23-18(19(24)21-16-8-6-5-7-15(16)20)11-17(22-23)14-10-12(2)25-13(14)3/h5-8,10-11H,4,9H2,1-3H3,(H,21,24). The second kappa shape index (κ2) is 7.19. The monoisotopic (exact) mass is 357 g/mol. The van der Waals surface area contributed by atoms with Crippen molar-refractivity contribution in [2.45, 2.75) is 33.7 Å². The molecule has 1 N–H and O–H groups in total. The van der Waals surface area contributed by atoms with Gasteiger partial charge in [-0.15, -0.1) is 11.3 Å². The van der Waals surface area contributed by atoms with Crippen LogP contribution in [-0.4, -0.2) is 15.7 Å². The van der Waals surface area contributed by atoms with E-state index in [4.69, 9.17) is 0 Å². The first-order valence-corrected chi connectivity index (χ1v) is 9.02. The van der Waals surface area contributed by atoms with E-state index in [9.17, 15) is 9.18 Å². The molecule has 0 fully saturated rings. The van der Waals surface area contributed by atoms with E-state index in [0.29, 0.717) is 12.2 Å². The van der Waals surface area contributed by atoms with E-state index >= 15 is 0 Å². The number of amides is 1. The molecular weight excluding hydrogens is 337 g/mol. The Morgan fingerprint density at radius 3 is 2.68 bits per heavy atom. The van der Waals surface area contributed by atoms with Crippen molar-refractivity contribution in [1.29, 1.82) is 0 Å². The van der Waals surface area contributed by atoms with E-state index in [1.165, 1.54) is 15.8 Å². The quantitative estimate of drug-likeness (QED) is 0.696. The molecule has 0 atom stereocenters. The maximum atomic E-state index is 13.8. The Kier molecular flexibility index (Phi) is 4.99. The highest BCUT2D eigenvalue weighted by Gasteiger charge is 2.19. The molecule has 6 heteroatoms. The second-order valence-corrected chi connectivity index (χ2v) is 7.36. The van der Waals surface area contributed by atoms with Crippen molar-refractivity contribution < 1.29 is 9.18 Å². The SMILES string of the molecule is CCCn1nc(-c2cc(C)sc2C)cc1C(=O)Nc1ccccc1F. The summed E-state index contributed by atoms with van der Waals surface area (Å²) in [6, 6.07) is 10.00. The van der Waals surface area contributed by atoms with E-state index in [0.717, 1.165) is 17.7 Å². The molecule has 130 valence electrons. The summed E-state index contributed by atoms with van der Waals surface area (Å²) in [5.74, 6) is -0.816. The fourth-order valence-corrected chi connectivity index (χ4v) is 3.68. The minimum absolute atomic E-state index is 0.167. The Labute approximate surface area is 150 Å². The highest BCUT2D eigenvalue weighted by molar-refractivity contribution is 7.12. The highest BCUT2D eigenvalue weighted by Crippen LogP contribution is 2.30. The number of hydrogen-bond acceptors (Lipinski definition) is 3. The molecule has 0 radical (unpaired) electrons. The fourth-order valence-electron chi connectivity index (χ4n) is 2.75. The Bertz CT molecular complexity index is 913. The largest absolute Gasteiger partial charge is 0.318 e. The van der Waals surface area contributed by atoms with Gasteiger partial charge in [0.1, 0.15) is 11.5 Å². The van der Waals surface area contributed by atoms with Crippen LogP contribution >= 0.6 is 11.3 Å². The Balaban J connectivity index is 1.96. The maximum Gasteiger partial charge on any atom is 0.274 e. The molecule has 1 aromatic carbocycles. The molecule has 0 aliphatic heterocycles. The summed E-state index contributed by atoms with van der Waals surface area (Å²) in [7, 11) is 0. The summed E-state index contributed by atoms with van der Waals surface area (Å²) < 4.78 is 15.5. The number of carbonyl (C=O) groups is 1. The molecule has 0 bridgehead atoms. The van der Waals surface area contributed by atoms with E-state index in [2.05, 4.69) is 23.4 Å². The number of benzene rings is 1. The van der Waals surface area contributed by atoms with Crippen LogP contribution in [0.15, 0.2) is 36.4 Å². The summed E-state index contributed by atoms with van der Waals surface area (Å²) in [6.07, 6.45) is 0.850. The highest BCUT2D eigenvalue weighted by atomic mass is 32.1. The fraction of sp³-hybridized carbons (Fsp3) is 0.263. The van der Waals surface area contributed by atoms with Gasteiger partial charge >= 0.3 is 0 Å². The predicted octanol–water partition coefficient (Wildman–Crippen LogP) is 5.03. The lowest BCUT2D eigenvalue weighted by Crippen LogP contribution is -2.18. The van der Waals surface area contributed by atoms with Crippen molar-refractivity contribution in [3.8, 4) is 11.3 Å². The first kappa shape index (κ1) is 17.4. The number of nitrogens with zero attached hydrogens (tertiary/aromatic N) is 2. The van der Waals surface area contributed by atoms with Gasteiger partial charge in [-0.3, -0.25) is 9.48 Å². The first-order valence-electron chi connectivity index (χ1n) is 8.20. The van der Waals surface area contributed by atoms with Crippen LogP contribution in [0.2, 0.25) is 0 Å². The van der Waals surface area contributed by atoms with Crippen LogP contribution in [-0.2, 0) is 6.54 Å². The molecule has 0 aliphatic rings. The number of anilines is 1. The number of halogens is 1. The average molecular weight is 357 g/mol. The lowest BCUT2D eigenvalue weighted by molar-refractivity contribution is 0.101. The van der Waals surface area contributed by atoms with Crippen LogP contribution in [0, 0.1) is 19.7 Å². The molecule has 25 heavy (non-hydrogen) atoms. The van der Waals surface area contributed by atoms with Crippen molar-refractivity contribution in [2.75, 3.05) is 5.32 Å². The lowest BCUT2D eigenvalue weighted by Gasteiger charge is -2.08. The second-order valence-electron chi connectivity index (χ2n) is 5.90. The Hall–Kier alpha value is -2.47. The van der Waals surface area contributed by atoms with Crippen molar-refractivity contribution in [1.82, 2.24) is 9.78 Å². The van der Waals surface area contributed by atoms with Crippen LogP contribution in [0.5, 0.6) is 0 Å². The molecular formula is C19H20FN3OS. The van der Waals surface area contributed by atoms with Crippen LogP contribution < -0.4 is 5.32 Å². The minimum atomic E-state index is -0.457. The van der Waals surface area contributed by atoms with Gasteiger partial charge in [-0.25, -0.2) is 4.39 Å². The third-order valence-corrected chi connectivity index (χ3v) is 4.85. The number of aryl methyl sites for hydroxylation is 3. The summed E-state index contributed by atoms with van der Waals surface area (Å²) in [4.78, 5) is 15.0. The Morgan fingerprint density at radius 1 is 1.28 bits per heavy atom. The predicted molar refractivity (Wildman–Crippen MR) is 99.7 cm³/mol. The van der Waals surface area contributed by atoms with Gasteiger partial charge in [0.2, 0.25) is 0 Å². The Morgan fingerprint density at radius 2 is 2.04 bits per heavy atom. The molecule has 2 heterocycles. The normalized spacial score (nSPS) is 10.9. The molecule has 3 rings (SSSR count). The molecule has 1 amide bonds. The molecule has 0 saturated carbocycles. The lowest BCUT2D eigenvalue weighted by atomic mass is 10.1. The van der Waals surface area contributed by atoms with Gasteiger partial charge in [0.05, 0.1) is 11.4 Å². The van der Waals surface area contributed by atoms with Gasteiger partial charge in [0.15, 0.2) is 0 Å². The van der Waals surface area contributed by atoms with Crippen molar-refractivity contribution in [2.24, 2.45) is 0 Å². The molecule has 0 unspecified atom stereocenters. The van der Waals surface area contributed by atoms with Crippen LogP contribution in [0.25, 0.3) is 11.3 Å². The van der Waals surface area contributed by atoms with Gasteiger partial charge in [0, 0.05) is 21.9 Å². The summed E-state index contributed by atoms with van der Waals surface area (Å²) in [6.45, 7) is 6.75. The number of nitrogens with one attached hydrogen (secondary N) is 1. The van der Waals surface area contributed by atoms with Gasteiger partial charge in [-0.1, -0.05) is 19.1 Å². The van der Waals surface area contributed by atoms with Crippen molar-refractivity contribution >= 4 is 22.9 Å². The zero-order chi connectivity index (χ0) is 18.0. The van der Waals surface area contributed by atoms with Crippen molar-refractivity contribution in [3.05, 3.63) is 57.7 Å². The number of thiophene rings is 1. The number of rotatable bonds is 5. The van der Waals surface area contributed by atoms with Crippen LogP contribution in [0.1, 0.15) is 33.6 Å². The topological polar surface area (TPSA) is 46.9 Å². The zero-order valence-corrected chi connectivity index (χ0v) is 15.3. The van der Waals surface area contributed by atoms with Gasteiger partial charge in [-0.05, 0) is 44.5 Å². The van der Waals surface area contributed by atoms with Crippen molar-refractivity contribution in [3.63, 3.8) is 0 Å². The third kappa shape index (κ3) is 3.64. The third-order valence-electron chi connectivity index (χ3n) is 3.89. The molecule has 3 aromatic rings. The molecule has 0 saturated heterocycles. The number of carbonyl (C=O) groups excluding carboxylic acids is 1. The summed E-state index contributed by atoms with van der Waals surface area (Å²) >= 11 is 1.71. The molecule has 2 aromatic heterocycles. The van der Waals surface area contributed by atoms with E-state index in [1.807, 2.05) is 13.8 Å². The van der Waals surface area contributed by atoms with Gasteiger partial charge in [0.25, 0.3) is 5.91 Å². The minimum Gasteiger partial charge on any atom is -0.318 e. The smallest absolute Gasteiger partial charge is 0.274 e.